The van der Waals surface area contributed by atoms with Gasteiger partial charge in [-0.2, -0.15) is 13.2 Å². The van der Waals surface area contributed by atoms with Gasteiger partial charge in [-0.05, 0) is 25.1 Å². The van der Waals surface area contributed by atoms with Gasteiger partial charge >= 0.3 is 6.18 Å². The molecular formula is C15H17F3N4O2S2. The van der Waals surface area contributed by atoms with Crippen LogP contribution in [0.2, 0.25) is 0 Å². The molecule has 0 saturated carbocycles. The number of rotatable bonds is 3. The van der Waals surface area contributed by atoms with Crippen LogP contribution >= 0.6 is 11.3 Å². The largest absolute Gasteiger partial charge is 0.418 e. The van der Waals surface area contributed by atoms with Gasteiger partial charge in [0.2, 0.25) is 10.0 Å². The third-order valence-electron chi connectivity index (χ3n) is 4.10. The van der Waals surface area contributed by atoms with Crippen LogP contribution in [0.25, 0.3) is 0 Å². The summed E-state index contributed by atoms with van der Waals surface area (Å²) in [5.41, 5.74) is -0.132. The van der Waals surface area contributed by atoms with Crippen LogP contribution in [0.15, 0.2) is 28.5 Å². The molecule has 11 heteroatoms. The Balaban J connectivity index is 1.85. The van der Waals surface area contributed by atoms with Crippen molar-refractivity contribution in [2.24, 2.45) is 5.14 Å². The SMILES string of the molecule is Cc1csc(N2CCN(c3ccc(S(N)(=O)=O)cc3C(F)(F)F)CC2)n1. The molecule has 0 unspecified atom stereocenters. The molecule has 0 atom stereocenters. The Bertz CT molecular complexity index is 904. The number of hydrogen-bond donors (Lipinski definition) is 1. The molecule has 26 heavy (non-hydrogen) atoms. The topological polar surface area (TPSA) is 79.5 Å². The fraction of sp³-hybridized carbons (Fsp3) is 0.400. The zero-order valence-corrected chi connectivity index (χ0v) is 15.5. The monoisotopic (exact) mass is 406 g/mol. The number of hydrogen-bond acceptors (Lipinski definition) is 6. The molecule has 6 nitrogen and oxygen atoms in total. The summed E-state index contributed by atoms with van der Waals surface area (Å²) in [6.07, 6.45) is -4.68. The Labute approximate surface area is 153 Å². The van der Waals surface area contributed by atoms with E-state index in [2.05, 4.69) is 4.98 Å². The van der Waals surface area contributed by atoms with E-state index in [-0.39, 0.29) is 5.69 Å². The molecule has 1 aliphatic rings. The maximum atomic E-state index is 13.4. The smallest absolute Gasteiger partial charge is 0.367 e. The number of alkyl halides is 3. The Morgan fingerprint density at radius 1 is 1.15 bits per heavy atom. The fourth-order valence-electron chi connectivity index (χ4n) is 2.82. The molecule has 1 fully saturated rings. The summed E-state index contributed by atoms with van der Waals surface area (Å²) in [6, 6.07) is 2.88. The molecule has 0 amide bonds. The zero-order chi connectivity index (χ0) is 19.1. The molecule has 1 aromatic carbocycles. The minimum Gasteiger partial charge on any atom is -0.367 e. The van der Waals surface area contributed by atoms with Crippen LogP contribution in [0.1, 0.15) is 11.3 Å². The van der Waals surface area contributed by atoms with Gasteiger partial charge in [-0.25, -0.2) is 18.5 Å². The van der Waals surface area contributed by atoms with E-state index in [1.54, 1.807) is 4.90 Å². The summed E-state index contributed by atoms with van der Waals surface area (Å²) in [6.45, 7) is 3.69. The van der Waals surface area contributed by atoms with Crippen LogP contribution < -0.4 is 14.9 Å². The number of halogens is 3. The van der Waals surface area contributed by atoms with Crippen LogP contribution in [-0.4, -0.2) is 39.6 Å². The molecule has 0 aliphatic carbocycles. The Hall–Kier alpha value is -1.85. The molecule has 0 bridgehead atoms. The Morgan fingerprint density at radius 2 is 1.77 bits per heavy atom. The predicted octanol–water partition coefficient (Wildman–Crippen LogP) is 2.44. The van der Waals surface area contributed by atoms with Gasteiger partial charge in [0.05, 0.1) is 16.2 Å². The van der Waals surface area contributed by atoms with Crippen molar-refractivity contribution in [1.29, 1.82) is 0 Å². The van der Waals surface area contributed by atoms with Crippen LogP contribution in [0.4, 0.5) is 24.0 Å². The number of piperazine rings is 1. The van der Waals surface area contributed by atoms with Crippen molar-refractivity contribution >= 4 is 32.2 Å². The molecule has 0 radical (unpaired) electrons. The Kier molecular flexibility index (Phi) is 4.88. The number of primary sulfonamides is 1. The zero-order valence-electron chi connectivity index (χ0n) is 13.8. The van der Waals surface area contributed by atoms with Gasteiger partial charge < -0.3 is 9.80 Å². The van der Waals surface area contributed by atoms with Crippen LogP contribution in [-0.2, 0) is 16.2 Å². The first-order valence-electron chi connectivity index (χ1n) is 7.72. The molecular weight excluding hydrogens is 389 g/mol. The van der Waals surface area contributed by atoms with Crippen LogP contribution in [0, 0.1) is 6.92 Å². The van der Waals surface area contributed by atoms with Gasteiger partial charge in [0.15, 0.2) is 5.13 Å². The van der Waals surface area contributed by atoms with E-state index in [4.69, 9.17) is 5.14 Å². The number of benzene rings is 1. The van der Waals surface area contributed by atoms with E-state index in [1.807, 2.05) is 17.2 Å². The van der Waals surface area contributed by atoms with E-state index in [0.717, 1.165) is 16.9 Å². The standard InChI is InChI=1S/C15H17F3N4O2S2/c1-10-9-25-14(20-10)22-6-4-21(5-7-22)13-3-2-11(26(19,23)24)8-12(13)15(16,17)18/h2-3,8-9H,4-7H2,1H3,(H2,19,23,24). The first kappa shape index (κ1) is 18.9. The van der Waals surface area contributed by atoms with Gasteiger partial charge in [-0.15, -0.1) is 11.3 Å². The van der Waals surface area contributed by atoms with Gasteiger partial charge in [0, 0.05) is 37.2 Å². The van der Waals surface area contributed by atoms with E-state index >= 15 is 0 Å². The lowest BCUT2D eigenvalue weighted by Gasteiger charge is -2.37. The number of anilines is 2. The normalized spacial score (nSPS) is 16.2. The van der Waals surface area contributed by atoms with Crippen molar-refractivity contribution in [2.75, 3.05) is 36.0 Å². The lowest BCUT2D eigenvalue weighted by atomic mass is 10.1. The number of nitrogens with two attached hydrogens (primary N) is 1. The molecule has 1 saturated heterocycles. The molecule has 0 spiro atoms. The number of aryl methyl sites for hydroxylation is 1. The number of nitrogens with zero attached hydrogens (tertiary/aromatic N) is 3. The van der Waals surface area contributed by atoms with Gasteiger partial charge in [0.25, 0.3) is 0 Å². The van der Waals surface area contributed by atoms with Crippen molar-refractivity contribution in [2.45, 2.75) is 18.0 Å². The molecule has 2 aromatic rings. The number of sulfonamides is 1. The van der Waals surface area contributed by atoms with Gasteiger partial charge in [0.1, 0.15) is 0 Å². The summed E-state index contributed by atoms with van der Waals surface area (Å²) in [5.74, 6) is 0. The highest BCUT2D eigenvalue weighted by Gasteiger charge is 2.36. The summed E-state index contributed by atoms with van der Waals surface area (Å²) >= 11 is 1.50. The Morgan fingerprint density at radius 3 is 2.27 bits per heavy atom. The average molecular weight is 406 g/mol. The second kappa shape index (κ2) is 6.71. The number of aromatic nitrogens is 1. The molecule has 3 rings (SSSR count). The van der Waals surface area contributed by atoms with Crippen molar-refractivity contribution in [3.05, 3.63) is 34.8 Å². The quantitative estimate of drug-likeness (QED) is 0.847. The summed E-state index contributed by atoms with van der Waals surface area (Å²) in [7, 11) is -4.21. The predicted molar refractivity (Wildman–Crippen MR) is 94.1 cm³/mol. The lowest BCUT2D eigenvalue weighted by Crippen LogP contribution is -2.47. The van der Waals surface area contributed by atoms with E-state index in [1.165, 1.54) is 17.4 Å². The summed E-state index contributed by atoms with van der Waals surface area (Å²) in [5, 5.41) is 7.74. The minimum absolute atomic E-state index is 0.0418. The van der Waals surface area contributed by atoms with Crippen LogP contribution in [0.3, 0.4) is 0 Å². The molecule has 142 valence electrons. The maximum absolute atomic E-state index is 13.4. The third kappa shape index (κ3) is 3.94. The fourth-order valence-corrected chi connectivity index (χ4v) is 4.22. The lowest BCUT2D eigenvalue weighted by molar-refractivity contribution is -0.137. The average Bonchev–Trinajstić information content (AvgIpc) is 2.99. The minimum atomic E-state index is -4.68. The van der Waals surface area contributed by atoms with Crippen molar-refractivity contribution in [1.82, 2.24) is 4.98 Å². The highest BCUT2D eigenvalue weighted by atomic mass is 32.2. The molecule has 1 aliphatic heterocycles. The molecule has 2 N–H and O–H groups in total. The number of thiazole rings is 1. The molecule has 2 heterocycles. The van der Waals surface area contributed by atoms with E-state index in [9.17, 15) is 21.6 Å². The first-order chi connectivity index (χ1) is 12.1. The highest BCUT2D eigenvalue weighted by Crippen LogP contribution is 2.38. The van der Waals surface area contributed by atoms with Crippen molar-refractivity contribution in [3.8, 4) is 0 Å². The van der Waals surface area contributed by atoms with Crippen molar-refractivity contribution in [3.63, 3.8) is 0 Å². The first-order valence-corrected chi connectivity index (χ1v) is 10.1. The van der Waals surface area contributed by atoms with Gasteiger partial charge in [-0.3, -0.25) is 0 Å². The van der Waals surface area contributed by atoms with E-state index < -0.39 is 26.7 Å². The van der Waals surface area contributed by atoms with Gasteiger partial charge in [-0.1, -0.05) is 0 Å². The second-order valence-corrected chi connectivity index (χ2v) is 8.37. The maximum Gasteiger partial charge on any atom is 0.418 e. The summed E-state index contributed by atoms with van der Waals surface area (Å²) in [4.78, 5) is 7.47. The second-order valence-electron chi connectivity index (χ2n) is 5.97. The van der Waals surface area contributed by atoms with Crippen molar-refractivity contribution < 1.29 is 21.6 Å². The highest BCUT2D eigenvalue weighted by molar-refractivity contribution is 7.89. The van der Waals surface area contributed by atoms with E-state index in [0.29, 0.717) is 32.2 Å². The molecule has 1 aromatic heterocycles. The van der Waals surface area contributed by atoms with Crippen LogP contribution in [0.5, 0.6) is 0 Å². The third-order valence-corrected chi connectivity index (χ3v) is 6.03. The summed E-state index contributed by atoms with van der Waals surface area (Å²) < 4.78 is 63.1.